The van der Waals surface area contributed by atoms with Gasteiger partial charge in [-0.3, -0.25) is 0 Å². The molecule has 0 heterocycles. The number of nitrogens with two attached hydrogens (primary N) is 1. The summed E-state index contributed by atoms with van der Waals surface area (Å²) in [6.07, 6.45) is 0. The second-order valence-electron chi connectivity index (χ2n) is 4.28. The Labute approximate surface area is 130 Å². The number of hydrogen-bond donors (Lipinski definition) is 1. The lowest BCUT2D eigenvalue weighted by Crippen LogP contribution is -2.36. The van der Waals surface area contributed by atoms with Gasteiger partial charge in [0.1, 0.15) is 4.99 Å². The van der Waals surface area contributed by atoms with Crippen LogP contribution in [0, 0.1) is 0 Å². The van der Waals surface area contributed by atoms with Crippen LogP contribution in [0.15, 0.2) is 29.2 Å². The van der Waals surface area contributed by atoms with Crippen LogP contribution in [-0.4, -0.2) is 58.2 Å². The van der Waals surface area contributed by atoms with Crippen molar-refractivity contribution in [2.45, 2.75) is 4.90 Å². The Hall–Kier alpha value is -1.06. The van der Waals surface area contributed by atoms with E-state index < -0.39 is 10.0 Å². The molecule has 1 aromatic rings. The molecule has 8 heteroatoms. The van der Waals surface area contributed by atoms with Crippen LogP contribution in [0.3, 0.4) is 0 Å². The molecule has 0 bridgehead atoms. The normalized spacial score (nSPS) is 11.8. The highest BCUT2D eigenvalue weighted by Crippen LogP contribution is 2.16. The number of sulfonamides is 1. The van der Waals surface area contributed by atoms with Crippen LogP contribution in [0.4, 0.5) is 0 Å². The van der Waals surface area contributed by atoms with Crippen LogP contribution in [0.1, 0.15) is 5.56 Å². The zero-order valence-electron chi connectivity index (χ0n) is 12.1. The molecule has 0 aliphatic carbocycles. The van der Waals surface area contributed by atoms with E-state index >= 15 is 0 Å². The summed E-state index contributed by atoms with van der Waals surface area (Å²) < 4.78 is 36.4. The van der Waals surface area contributed by atoms with Gasteiger partial charge in [-0.05, 0) is 12.1 Å². The first kappa shape index (κ1) is 18.0. The van der Waals surface area contributed by atoms with Crippen LogP contribution in [-0.2, 0) is 19.5 Å². The van der Waals surface area contributed by atoms with Crippen LogP contribution in [0.5, 0.6) is 0 Å². The molecule has 1 aromatic carbocycles. The van der Waals surface area contributed by atoms with E-state index in [-0.39, 0.29) is 23.0 Å². The average molecular weight is 332 g/mol. The topological polar surface area (TPSA) is 81.9 Å². The average Bonchev–Trinajstić information content (AvgIpc) is 2.47. The summed E-state index contributed by atoms with van der Waals surface area (Å²) in [4.78, 5) is 0.421. The summed E-state index contributed by atoms with van der Waals surface area (Å²) >= 11 is 4.85. The largest absolute Gasteiger partial charge is 0.389 e. The van der Waals surface area contributed by atoms with Gasteiger partial charge in [0.2, 0.25) is 10.0 Å². The first-order valence-corrected chi connectivity index (χ1v) is 8.16. The Kier molecular flexibility index (Phi) is 7.20. The Bertz CT molecular complexity index is 550. The molecular formula is C13H20N2O4S2. The highest BCUT2D eigenvalue weighted by molar-refractivity contribution is 7.89. The molecule has 1 rings (SSSR count). The van der Waals surface area contributed by atoms with Crippen LogP contribution in [0.2, 0.25) is 0 Å². The number of ether oxygens (including phenoxy) is 2. The van der Waals surface area contributed by atoms with Crippen molar-refractivity contribution in [2.75, 3.05) is 40.5 Å². The fraction of sp³-hybridized carbons (Fsp3) is 0.462. The predicted octanol–water partition coefficient (Wildman–Crippen LogP) is 0.604. The van der Waals surface area contributed by atoms with Crippen LogP contribution < -0.4 is 5.73 Å². The van der Waals surface area contributed by atoms with Gasteiger partial charge in [-0.15, -0.1) is 0 Å². The van der Waals surface area contributed by atoms with E-state index in [9.17, 15) is 8.42 Å². The summed E-state index contributed by atoms with van der Waals surface area (Å²) in [5, 5.41) is 0. The first-order valence-electron chi connectivity index (χ1n) is 6.31. The van der Waals surface area contributed by atoms with Crippen molar-refractivity contribution in [1.29, 1.82) is 0 Å². The fourth-order valence-electron chi connectivity index (χ4n) is 1.68. The molecule has 0 atom stereocenters. The molecule has 6 nitrogen and oxygen atoms in total. The third-order valence-electron chi connectivity index (χ3n) is 2.87. The van der Waals surface area contributed by atoms with Gasteiger partial charge >= 0.3 is 0 Å². The molecule has 2 N–H and O–H groups in total. The zero-order valence-corrected chi connectivity index (χ0v) is 13.7. The Morgan fingerprint density at radius 2 is 1.62 bits per heavy atom. The van der Waals surface area contributed by atoms with Crippen molar-refractivity contribution in [1.82, 2.24) is 4.31 Å². The van der Waals surface area contributed by atoms with E-state index in [2.05, 4.69) is 0 Å². The third-order valence-corrected chi connectivity index (χ3v) is 5.01. The third kappa shape index (κ3) is 5.01. The van der Waals surface area contributed by atoms with Crippen LogP contribution >= 0.6 is 12.2 Å². The highest BCUT2D eigenvalue weighted by atomic mass is 32.2. The van der Waals surface area contributed by atoms with E-state index in [1.807, 2.05) is 0 Å². The molecule has 0 aliphatic rings. The van der Waals surface area contributed by atoms with Crippen molar-refractivity contribution in [3.63, 3.8) is 0 Å². The quantitative estimate of drug-likeness (QED) is 0.667. The van der Waals surface area contributed by atoms with Gasteiger partial charge in [0.05, 0.1) is 18.1 Å². The molecule has 0 saturated heterocycles. The molecule has 0 fully saturated rings. The molecule has 118 valence electrons. The van der Waals surface area contributed by atoms with Gasteiger partial charge < -0.3 is 15.2 Å². The Morgan fingerprint density at radius 1 is 1.14 bits per heavy atom. The predicted molar refractivity (Wildman–Crippen MR) is 84.8 cm³/mol. The summed E-state index contributed by atoms with van der Waals surface area (Å²) in [6, 6.07) is 6.19. The number of nitrogens with zero attached hydrogens (tertiary/aromatic N) is 1. The van der Waals surface area contributed by atoms with Gasteiger partial charge in [-0.1, -0.05) is 24.4 Å². The molecular weight excluding hydrogens is 312 g/mol. The smallest absolute Gasteiger partial charge is 0.243 e. The minimum Gasteiger partial charge on any atom is -0.389 e. The maximum absolute atomic E-state index is 12.6. The van der Waals surface area contributed by atoms with E-state index in [0.29, 0.717) is 18.8 Å². The Morgan fingerprint density at radius 3 is 2.00 bits per heavy atom. The molecule has 0 radical (unpaired) electrons. The first-order chi connectivity index (χ1) is 9.93. The van der Waals surface area contributed by atoms with Crippen molar-refractivity contribution in [3.05, 3.63) is 29.8 Å². The second kappa shape index (κ2) is 8.40. The van der Waals surface area contributed by atoms with Crippen molar-refractivity contribution in [2.24, 2.45) is 5.73 Å². The molecule has 0 unspecified atom stereocenters. The van der Waals surface area contributed by atoms with Gasteiger partial charge in [-0.2, -0.15) is 4.31 Å². The Balaban J connectivity index is 3.00. The minimum atomic E-state index is -3.60. The van der Waals surface area contributed by atoms with Crippen molar-refractivity contribution < 1.29 is 17.9 Å². The molecule has 0 amide bonds. The second-order valence-corrected chi connectivity index (χ2v) is 6.66. The summed E-state index contributed by atoms with van der Waals surface area (Å²) in [5.41, 5.74) is 6.13. The number of hydrogen-bond acceptors (Lipinski definition) is 5. The maximum atomic E-state index is 12.6. The van der Waals surface area contributed by atoms with E-state index in [0.717, 1.165) is 0 Å². The van der Waals surface area contributed by atoms with E-state index in [1.165, 1.54) is 30.7 Å². The molecule has 0 aromatic heterocycles. The molecule has 0 aliphatic heterocycles. The lowest BCUT2D eigenvalue weighted by atomic mass is 10.2. The van der Waals surface area contributed by atoms with Gasteiger partial charge in [-0.25, -0.2) is 8.42 Å². The molecule has 0 spiro atoms. The van der Waals surface area contributed by atoms with Gasteiger partial charge in [0.15, 0.2) is 0 Å². The number of thiocarbonyl (C=S) groups is 1. The summed E-state index contributed by atoms with van der Waals surface area (Å²) in [6.45, 7) is 1.15. The monoisotopic (exact) mass is 332 g/mol. The lowest BCUT2D eigenvalue weighted by molar-refractivity contribution is 0.150. The summed E-state index contributed by atoms with van der Waals surface area (Å²) in [5.74, 6) is 0. The minimum absolute atomic E-state index is 0.190. The highest BCUT2D eigenvalue weighted by Gasteiger charge is 2.23. The zero-order chi connectivity index (χ0) is 15.9. The van der Waals surface area contributed by atoms with E-state index in [1.54, 1.807) is 12.1 Å². The van der Waals surface area contributed by atoms with Gasteiger partial charge in [0.25, 0.3) is 0 Å². The summed E-state index contributed by atoms with van der Waals surface area (Å²) in [7, 11) is -0.547. The number of rotatable bonds is 9. The van der Waals surface area contributed by atoms with Gasteiger partial charge in [0, 0.05) is 32.9 Å². The standard InChI is InChI=1S/C13H20N2O4S2/c1-18-9-7-15(8-10-19-2)21(16,17)12-5-3-11(4-6-12)13(14)20/h3-6H,7-10H2,1-2H3,(H2,14,20). The number of benzene rings is 1. The maximum Gasteiger partial charge on any atom is 0.243 e. The SMILES string of the molecule is COCCN(CCOC)S(=O)(=O)c1ccc(C(N)=S)cc1. The molecule has 0 saturated carbocycles. The van der Waals surface area contributed by atoms with Crippen molar-refractivity contribution >= 4 is 27.2 Å². The van der Waals surface area contributed by atoms with E-state index in [4.69, 9.17) is 27.4 Å². The van der Waals surface area contributed by atoms with Crippen LogP contribution in [0.25, 0.3) is 0 Å². The fourth-order valence-corrected chi connectivity index (χ4v) is 3.22. The molecule has 21 heavy (non-hydrogen) atoms. The lowest BCUT2D eigenvalue weighted by Gasteiger charge is -2.21. The number of methoxy groups -OCH3 is 2. The van der Waals surface area contributed by atoms with Crippen molar-refractivity contribution in [3.8, 4) is 0 Å².